The first-order valence-corrected chi connectivity index (χ1v) is 11.6. The molecule has 0 saturated carbocycles. The molecule has 10 heteroatoms. The van der Waals surface area contributed by atoms with Gasteiger partial charge in [0.25, 0.3) is 0 Å². The van der Waals surface area contributed by atoms with Crippen LogP contribution < -0.4 is 15.4 Å². The van der Waals surface area contributed by atoms with E-state index < -0.39 is 24.0 Å². The summed E-state index contributed by atoms with van der Waals surface area (Å²) in [6, 6.07) is 10.3. The highest BCUT2D eigenvalue weighted by atomic mass is 19.3. The standard InChI is InChI=1S/C25H30F2N4O4/c1-15(2)17-6-4-5-7-18(17)25(13-31(14-25)22(32)20-12-34-11-10-28-20)23(33)30-19-9-8-16(3)29-21(19)35-24(26)27/h4-9,15,20,24,28H,10-14H2,1-3H3,(H,30,33). The molecule has 4 rings (SSSR count). The van der Waals surface area contributed by atoms with Crippen molar-refractivity contribution in [1.82, 2.24) is 15.2 Å². The van der Waals surface area contributed by atoms with E-state index in [1.54, 1.807) is 17.9 Å². The van der Waals surface area contributed by atoms with Crippen LogP contribution in [-0.4, -0.2) is 67.2 Å². The van der Waals surface area contributed by atoms with E-state index >= 15 is 0 Å². The number of ether oxygens (including phenoxy) is 2. The predicted molar refractivity (Wildman–Crippen MR) is 126 cm³/mol. The first-order chi connectivity index (χ1) is 16.7. The van der Waals surface area contributed by atoms with Crippen LogP contribution in [0.15, 0.2) is 36.4 Å². The van der Waals surface area contributed by atoms with Crippen LogP contribution in [0.4, 0.5) is 14.5 Å². The summed E-state index contributed by atoms with van der Waals surface area (Å²) in [7, 11) is 0. The molecule has 2 aliphatic rings. The van der Waals surface area contributed by atoms with Crippen LogP contribution in [0.5, 0.6) is 5.88 Å². The van der Waals surface area contributed by atoms with Crippen LogP contribution >= 0.6 is 0 Å². The highest BCUT2D eigenvalue weighted by Crippen LogP contribution is 2.41. The van der Waals surface area contributed by atoms with Gasteiger partial charge in [0.15, 0.2) is 0 Å². The summed E-state index contributed by atoms with van der Waals surface area (Å²) in [5.41, 5.74) is 1.26. The first kappa shape index (κ1) is 25.0. The van der Waals surface area contributed by atoms with Gasteiger partial charge in [0, 0.05) is 25.3 Å². The van der Waals surface area contributed by atoms with E-state index in [9.17, 15) is 18.4 Å². The van der Waals surface area contributed by atoms with Gasteiger partial charge in [-0.1, -0.05) is 38.1 Å². The van der Waals surface area contributed by atoms with Gasteiger partial charge >= 0.3 is 6.61 Å². The van der Waals surface area contributed by atoms with Crippen molar-refractivity contribution in [3.05, 3.63) is 53.2 Å². The van der Waals surface area contributed by atoms with Gasteiger partial charge in [-0.3, -0.25) is 9.59 Å². The van der Waals surface area contributed by atoms with Crippen LogP contribution in [0.25, 0.3) is 0 Å². The number of likely N-dealkylation sites (tertiary alicyclic amines) is 1. The zero-order valence-electron chi connectivity index (χ0n) is 20.0. The van der Waals surface area contributed by atoms with Crippen LogP contribution in [0, 0.1) is 6.92 Å². The maximum Gasteiger partial charge on any atom is 0.388 e. The van der Waals surface area contributed by atoms with Crippen LogP contribution in [0.3, 0.4) is 0 Å². The van der Waals surface area contributed by atoms with E-state index in [0.29, 0.717) is 18.8 Å². The van der Waals surface area contributed by atoms with E-state index in [-0.39, 0.29) is 43.1 Å². The summed E-state index contributed by atoms with van der Waals surface area (Å²) in [4.78, 5) is 32.5. The molecule has 8 nitrogen and oxygen atoms in total. The maximum atomic E-state index is 13.8. The third kappa shape index (κ3) is 5.13. The number of pyridine rings is 1. The number of aryl methyl sites for hydroxylation is 1. The second kappa shape index (κ2) is 10.2. The quantitative estimate of drug-likeness (QED) is 0.623. The van der Waals surface area contributed by atoms with Crippen molar-refractivity contribution in [3.63, 3.8) is 0 Å². The highest BCUT2D eigenvalue weighted by molar-refractivity contribution is 6.03. The lowest BCUT2D eigenvalue weighted by atomic mass is 9.69. The number of benzene rings is 1. The summed E-state index contributed by atoms with van der Waals surface area (Å²) in [6.45, 7) is 4.35. The number of alkyl halides is 2. The first-order valence-electron chi connectivity index (χ1n) is 11.6. The fourth-order valence-corrected chi connectivity index (χ4v) is 4.62. The molecule has 1 atom stereocenters. The minimum absolute atomic E-state index is 0.0504. The Hall–Kier alpha value is -3.11. The molecule has 188 valence electrons. The van der Waals surface area contributed by atoms with E-state index in [0.717, 1.165) is 11.1 Å². The number of halogens is 2. The molecule has 2 aliphatic heterocycles. The Morgan fingerprint density at radius 1 is 1.23 bits per heavy atom. The lowest BCUT2D eigenvalue weighted by Gasteiger charge is -2.51. The predicted octanol–water partition coefficient (Wildman–Crippen LogP) is 2.82. The number of hydrogen-bond acceptors (Lipinski definition) is 6. The number of carbonyl (C=O) groups excluding carboxylic acids is 2. The number of anilines is 1. The monoisotopic (exact) mass is 488 g/mol. The van der Waals surface area contributed by atoms with Crippen molar-refractivity contribution in [2.45, 2.75) is 44.8 Å². The Morgan fingerprint density at radius 3 is 2.63 bits per heavy atom. The van der Waals surface area contributed by atoms with Crippen LogP contribution in [0.2, 0.25) is 0 Å². The Bertz CT molecular complexity index is 1080. The smallest absolute Gasteiger partial charge is 0.388 e. The number of nitrogens with one attached hydrogen (secondary N) is 2. The van der Waals surface area contributed by atoms with Gasteiger partial charge < -0.3 is 25.0 Å². The van der Waals surface area contributed by atoms with Gasteiger partial charge in [-0.25, -0.2) is 4.98 Å². The Morgan fingerprint density at radius 2 is 1.97 bits per heavy atom. The molecule has 3 heterocycles. The molecule has 2 fully saturated rings. The highest BCUT2D eigenvalue weighted by Gasteiger charge is 2.54. The molecule has 0 radical (unpaired) electrons. The Labute approximate surface area is 203 Å². The van der Waals surface area contributed by atoms with Crippen LogP contribution in [0.1, 0.15) is 36.6 Å². The lowest BCUT2D eigenvalue weighted by molar-refractivity contribution is -0.148. The van der Waals surface area contributed by atoms with E-state index in [1.165, 1.54) is 6.07 Å². The number of carbonyl (C=O) groups is 2. The minimum atomic E-state index is -3.09. The Kier molecular flexibility index (Phi) is 7.32. The molecule has 0 aliphatic carbocycles. The van der Waals surface area contributed by atoms with Gasteiger partial charge in [-0.2, -0.15) is 8.78 Å². The van der Waals surface area contributed by atoms with Gasteiger partial charge in [-0.05, 0) is 36.1 Å². The minimum Gasteiger partial charge on any atom is -0.415 e. The molecule has 1 aromatic carbocycles. The van der Waals surface area contributed by atoms with Gasteiger partial charge in [-0.15, -0.1) is 0 Å². The molecule has 35 heavy (non-hydrogen) atoms. The normalized spacial score (nSPS) is 19.4. The van der Waals surface area contributed by atoms with Gasteiger partial charge in [0.1, 0.15) is 17.1 Å². The largest absolute Gasteiger partial charge is 0.415 e. The van der Waals surface area contributed by atoms with Crippen molar-refractivity contribution >= 4 is 17.5 Å². The lowest BCUT2D eigenvalue weighted by Crippen LogP contribution is -2.69. The van der Waals surface area contributed by atoms with Crippen molar-refractivity contribution in [2.24, 2.45) is 0 Å². The van der Waals surface area contributed by atoms with Crippen molar-refractivity contribution in [1.29, 1.82) is 0 Å². The SMILES string of the molecule is Cc1ccc(NC(=O)C2(c3ccccc3C(C)C)CN(C(=O)C3COCCN3)C2)c(OC(F)F)n1. The second-order valence-corrected chi connectivity index (χ2v) is 9.24. The number of morpholine rings is 1. The molecule has 2 amide bonds. The molecule has 2 N–H and O–H groups in total. The average Bonchev–Trinajstić information content (AvgIpc) is 2.80. The number of rotatable bonds is 7. The van der Waals surface area contributed by atoms with Gasteiger partial charge in [0.05, 0.1) is 13.2 Å². The van der Waals surface area contributed by atoms with E-state index in [1.807, 2.05) is 38.1 Å². The van der Waals surface area contributed by atoms with Crippen molar-refractivity contribution in [3.8, 4) is 5.88 Å². The Balaban J connectivity index is 1.65. The number of nitrogens with zero attached hydrogens (tertiary/aromatic N) is 2. The molecule has 1 aromatic heterocycles. The second-order valence-electron chi connectivity index (χ2n) is 9.24. The topological polar surface area (TPSA) is 92.8 Å². The molecular weight excluding hydrogens is 458 g/mol. The third-order valence-corrected chi connectivity index (χ3v) is 6.43. The summed E-state index contributed by atoms with van der Waals surface area (Å²) in [5, 5.41) is 5.90. The molecule has 0 spiro atoms. The summed E-state index contributed by atoms with van der Waals surface area (Å²) in [6.07, 6.45) is 0. The van der Waals surface area contributed by atoms with E-state index in [2.05, 4.69) is 20.4 Å². The maximum absolute atomic E-state index is 13.8. The molecule has 2 aromatic rings. The fourth-order valence-electron chi connectivity index (χ4n) is 4.62. The molecule has 2 saturated heterocycles. The summed E-state index contributed by atoms with van der Waals surface area (Å²) in [5.74, 6) is -0.759. The summed E-state index contributed by atoms with van der Waals surface area (Å²) < 4.78 is 35.9. The average molecular weight is 489 g/mol. The number of amides is 2. The van der Waals surface area contributed by atoms with Gasteiger partial charge in [0.2, 0.25) is 17.7 Å². The van der Waals surface area contributed by atoms with Crippen molar-refractivity contribution < 1.29 is 27.8 Å². The number of aromatic nitrogens is 1. The molecule has 0 bridgehead atoms. The molecule has 1 unspecified atom stereocenters. The number of hydrogen-bond donors (Lipinski definition) is 2. The fraction of sp³-hybridized carbons (Fsp3) is 0.480. The zero-order valence-corrected chi connectivity index (χ0v) is 20.0. The third-order valence-electron chi connectivity index (χ3n) is 6.43. The van der Waals surface area contributed by atoms with Crippen LogP contribution in [-0.2, 0) is 19.7 Å². The van der Waals surface area contributed by atoms with Crippen molar-refractivity contribution in [2.75, 3.05) is 38.2 Å². The zero-order chi connectivity index (χ0) is 25.2. The summed E-state index contributed by atoms with van der Waals surface area (Å²) >= 11 is 0. The van der Waals surface area contributed by atoms with E-state index in [4.69, 9.17) is 4.74 Å². The molecular formula is C25H30F2N4O4.